The van der Waals surface area contributed by atoms with Crippen LogP contribution in [0.3, 0.4) is 0 Å². The Morgan fingerprint density at radius 3 is 1.25 bits per heavy atom. The van der Waals surface area contributed by atoms with Crippen LogP contribution in [0.1, 0.15) is 25.7 Å². The summed E-state index contributed by atoms with van der Waals surface area (Å²) in [6.45, 7) is 0. The molecule has 2 aromatic rings. The SMILES string of the molecule is F[B-](F)(F)F.O=[N+]([O-])c1ccnc(-c2cc([N+](=O)[O-])ccn2)c1.[CH]1[CH]CC[CH][CH]CC1.[Rh]. The fourth-order valence-electron chi connectivity index (χ4n) is 2.20. The van der Waals surface area contributed by atoms with Crippen LogP contribution in [0.15, 0.2) is 36.7 Å². The van der Waals surface area contributed by atoms with Crippen molar-refractivity contribution >= 4 is 18.6 Å². The predicted octanol–water partition coefficient (Wildman–Crippen LogP) is 5.64. The number of aromatic nitrogens is 2. The zero-order valence-corrected chi connectivity index (χ0v) is 18.1. The first-order chi connectivity index (χ1) is 14.6. The van der Waals surface area contributed by atoms with Crippen LogP contribution >= 0.6 is 0 Å². The standard InChI is InChI=1S/C10H6N4O4.C8H12.BF4.Rh/c15-13(16)7-1-3-11-9(5-7)10-6-8(14(17)18)2-4-12-10;1-2-4-6-8-7-5-3-1;2-1(3,4)5;/h1-6H;1-2,7-8H,3-6H2;;/q;;-1;. The number of nitrogens with zero attached hydrogens (tertiary/aromatic N) is 4. The van der Waals surface area contributed by atoms with Crippen LogP contribution in [-0.4, -0.2) is 27.1 Å². The van der Waals surface area contributed by atoms with Crippen molar-refractivity contribution in [2.24, 2.45) is 0 Å². The van der Waals surface area contributed by atoms with Gasteiger partial charge in [-0.05, 0) is 51.4 Å². The molecule has 0 saturated heterocycles. The molecule has 3 rings (SSSR count). The zero-order valence-electron chi connectivity index (χ0n) is 16.4. The van der Waals surface area contributed by atoms with Crippen LogP contribution in [0, 0.1) is 45.9 Å². The number of pyridine rings is 2. The van der Waals surface area contributed by atoms with Crippen LogP contribution < -0.4 is 0 Å². The Balaban J connectivity index is 0.000000570. The number of hydrogen-bond donors (Lipinski definition) is 0. The third-order valence-corrected chi connectivity index (χ3v) is 3.50. The molecule has 2 aromatic heterocycles. The van der Waals surface area contributed by atoms with E-state index in [9.17, 15) is 37.5 Å². The van der Waals surface area contributed by atoms with Crippen molar-refractivity contribution in [3.63, 3.8) is 0 Å². The molecular weight excluding hydrogens is 526 g/mol. The van der Waals surface area contributed by atoms with Gasteiger partial charge in [0.15, 0.2) is 0 Å². The molecule has 0 spiro atoms. The maximum Gasteiger partial charge on any atom is 0.673 e. The molecule has 5 radical (unpaired) electrons. The summed E-state index contributed by atoms with van der Waals surface area (Å²) in [5.41, 5.74) is 0.141. The molecule has 0 aliphatic heterocycles. The second-order valence-electron chi connectivity index (χ2n) is 5.91. The van der Waals surface area contributed by atoms with E-state index < -0.39 is 17.1 Å². The van der Waals surface area contributed by atoms with Crippen molar-refractivity contribution in [1.82, 2.24) is 9.97 Å². The van der Waals surface area contributed by atoms with Gasteiger partial charge in [0.2, 0.25) is 0 Å². The van der Waals surface area contributed by atoms with Gasteiger partial charge in [-0.25, -0.2) is 0 Å². The van der Waals surface area contributed by atoms with Crippen LogP contribution in [0.2, 0.25) is 0 Å². The second-order valence-corrected chi connectivity index (χ2v) is 5.91. The zero-order chi connectivity index (χ0) is 23.3. The van der Waals surface area contributed by atoms with Crippen molar-refractivity contribution in [2.45, 2.75) is 25.7 Å². The average Bonchev–Trinajstić information content (AvgIpc) is 2.67. The molecule has 0 aromatic carbocycles. The average molecular weight is 544 g/mol. The van der Waals surface area contributed by atoms with Crippen LogP contribution in [0.4, 0.5) is 28.6 Å². The van der Waals surface area contributed by atoms with Gasteiger partial charge in [-0.3, -0.25) is 30.2 Å². The fraction of sp³-hybridized carbons (Fsp3) is 0.222. The van der Waals surface area contributed by atoms with Crippen LogP contribution in [0.5, 0.6) is 0 Å². The van der Waals surface area contributed by atoms with E-state index >= 15 is 0 Å². The third kappa shape index (κ3) is 13.7. The molecule has 2 heterocycles. The van der Waals surface area contributed by atoms with E-state index in [1.54, 1.807) is 0 Å². The van der Waals surface area contributed by atoms with Gasteiger partial charge >= 0.3 is 7.25 Å². The van der Waals surface area contributed by atoms with Crippen LogP contribution in [0.25, 0.3) is 11.4 Å². The largest absolute Gasteiger partial charge is 0.673 e. The Labute approximate surface area is 195 Å². The van der Waals surface area contributed by atoms with Crippen molar-refractivity contribution in [1.29, 1.82) is 0 Å². The Bertz CT molecular complexity index is 776. The Morgan fingerprint density at radius 1 is 0.719 bits per heavy atom. The monoisotopic (exact) mass is 544 g/mol. The van der Waals surface area contributed by atoms with Crippen molar-refractivity contribution in [3.05, 3.63) is 82.6 Å². The first kappa shape index (κ1) is 29.5. The Morgan fingerprint density at radius 2 is 1.00 bits per heavy atom. The second kappa shape index (κ2) is 15.3. The molecule has 0 N–H and O–H groups in total. The minimum Gasteiger partial charge on any atom is -0.418 e. The van der Waals surface area contributed by atoms with Crippen molar-refractivity contribution in [2.75, 3.05) is 0 Å². The smallest absolute Gasteiger partial charge is 0.418 e. The van der Waals surface area contributed by atoms with E-state index in [1.807, 2.05) is 0 Å². The van der Waals surface area contributed by atoms with Gasteiger partial charge in [0.1, 0.15) is 0 Å². The summed E-state index contributed by atoms with van der Waals surface area (Å²) in [5, 5.41) is 21.2. The van der Waals surface area contributed by atoms with Gasteiger partial charge in [-0.1, -0.05) is 0 Å². The van der Waals surface area contributed by atoms with Gasteiger partial charge < -0.3 is 17.3 Å². The normalized spacial score (nSPS) is 13.5. The number of hydrogen-bond acceptors (Lipinski definition) is 6. The molecule has 0 amide bonds. The maximum atomic E-state index is 10.6. The first-order valence-electron chi connectivity index (χ1n) is 8.96. The van der Waals surface area contributed by atoms with Crippen molar-refractivity contribution < 1.29 is 46.6 Å². The summed E-state index contributed by atoms with van der Waals surface area (Å²) in [6.07, 6.45) is 16.5. The van der Waals surface area contributed by atoms with Gasteiger partial charge in [0.05, 0.1) is 21.2 Å². The molecule has 14 heteroatoms. The minimum atomic E-state index is -6.00. The third-order valence-electron chi connectivity index (χ3n) is 3.50. The molecule has 0 unspecified atom stereocenters. The van der Waals surface area contributed by atoms with E-state index in [4.69, 9.17) is 0 Å². The molecule has 0 atom stereocenters. The van der Waals surface area contributed by atoms with Crippen molar-refractivity contribution in [3.8, 4) is 11.4 Å². The summed E-state index contributed by atoms with van der Waals surface area (Å²) in [4.78, 5) is 27.9. The van der Waals surface area contributed by atoms with Crippen LogP contribution in [-0.2, 0) is 19.5 Å². The predicted molar refractivity (Wildman–Crippen MR) is 107 cm³/mol. The van der Waals surface area contributed by atoms with E-state index in [0.717, 1.165) is 0 Å². The summed E-state index contributed by atoms with van der Waals surface area (Å²) in [6, 6.07) is 4.90. The Hall–Kier alpha value is -2.49. The molecule has 32 heavy (non-hydrogen) atoms. The van der Waals surface area contributed by atoms with Gasteiger partial charge in [0.25, 0.3) is 11.4 Å². The molecule has 1 aliphatic carbocycles. The van der Waals surface area contributed by atoms with E-state index in [1.165, 1.54) is 62.3 Å². The number of nitro groups is 2. The van der Waals surface area contributed by atoms with E-state index in [-0.39, 0.29) is 42.2 Å². The summed E-state index contributed by atoms with van der Waals surface area (Å²) < 4.78 is 39.0. The molecular formula is C18H18BF4N4O4Rh-. The topological polar surface area (TPSA) is 112 Å². The van der Waals surface area contributed by atoms with E-state index in [2.05, 4.69) is 35.7 Å². The molecule has 1 saturated carbocycles. The van der Waals surface area contributed by atoms with Gasteiger partial charge in [-0.2, -0.15) is 0 Å². The first-order valence-corrected chi connectivity index (χ1v) is 8.96. The van der Waals surface area contributed by atoms with E-state index in [0.29, 0.717) is 0 Å². The molecule has 1 aliphatic rings. The Kier molecular flexibility index (Phi) is 14.1. The molecule has 1 fully saturated rings. The summed E-state index contributed by atoms with van der Waals surface area (Å²) >= 11 is 0. The molecule has 0 bridgehead atoms. The summed E-state index contributed by atoms with van der Waals surface area (Å²) in [7, 11) is -6.00. The number of rotatable bonds is 3. The quantitative estimate of drug-likeness (QED) is 0.214. The van der Waals surface area contributed by atoms with Gasteiger partial charge in [0, 0.05) is 56.1 Å². The summed E-state index contributed by atoms with van der Waals surface area (Å²) in [5.74, 6) is 0. The molecule has 175 valence electrons. The number of halogens is 4. The fourth-order valence-corrected chi connectivity index (χ4v) is 2.20. The molecule has 8 nitrogen and oxygen atoms in total. The van der Waals surface area contributed by atoms with Gasteiger partial charge in [-0.15, -0.1) is 0 Å². The minimum absolute atomic E-state index is 0. The maximum absolute atomic E-state index is 10.6.